The molecule has 0 radical (unpaired) electrons. The third-order valence-electron chi connectivity index (χ3n) is 3.82. The second-order valence-corrected chi connectivity index (χ2v) is 6.53. The van der Waals surface area contributed by atoms with Crippen LogP contribution in [0.15, 0.2) is 48.5 Å². The van der Waals surface area contributed by atoms with Crippen molar-refractivity contribution in [3.05, 3.63) is 54.1 Å². The standard InChI is InChI=1S/C19H15N3O4S/c1-24-14-5-3-2-4-13(14)18-21-22-19(27-18)20-17(23)9-7-12-6-8-15-16(10-12)26-11-25-15/h2-10H,11H2,1H3,(H,20,22,23). The van der Waals surface area contributed by atoms with Gasteiger partial charge in [-0.2, -0.15) is 0 Å². The van der Waals surface area contributed by atoms with Gasteiger partial charge < -0.3 is 14.2 Å². The third kappa shape index (κ3) is 3.75. The molecule has 1 aromatic heterocycles. The Balaban J connectivity index is 1.44. The van der Waals surface area contributed by atoms with Crippen LogP contribution in [0, 0.1) is 0 Å². The molecule has 2 aromatic carbocycles. The van der Waals surface area contributed by atoms with Gasteiger partial charge in [-0.25, -0.2) is 0 Å². The summed E-state index contributed by atoms with van der Waals surface area (Å²) in [6.45, 7) is 0.217. The first kappa shape index (κ1) is 17.0. The van der Waals surface area contributed by atoms with Gasteiger partial charge in [0.2, 0.25) is 17.8 Å². The van der Waals surface area contributed by atoms with Crippen molar-refractivity contribution in [2.75, 3.05) is 19.2 Å². The topological polar surface area (TPSA) is 82.6 Å². The Labute approximate surface area is 159 Å². The van der Waals surface area contributed by atoms with Crippen molar-refractivity contribution in [1.29, 1.82) is 0 Å². The summed E-state index contributed by atoms with van der Waals surface area (Å²) in [7, 11) is 1.60. The van der Waals surface area contributed by atoms with Crippen molar-refractivity contribution in [3.63, 3.8) is 0 Å². The smallest absolute Gasteiger partial charge is 0.250 e. The van der Waals surface area contributed by atoms with E-state index in [9.17, 15) is 4.79 Å². The first-order valence-corrected chi connectivity index (χ1v) is 8.90. The second kappa shape index (κ2) is 7.46. The first-order chi connectivity index (χ1) is 13.2. The summed E-state index contributed by atoms with van der Waals surface area (Å²) in [6.07, 6.45) is 3.13. The predicted octanol–water partition coefficient (Wildman–Crippen LogP) is 3.59. The van der Waals surface area contributed by atoms with E-state index in [-0.39, 0.29) is 12.7 Å². The monoisotopic (exact) mass is 381 g/mol. The number of carbonyl (C=O) groups is 1. The van der Waals surface area contributed by atoms with E-state index in [1.807, 2.05) is 42.5 Å². The molecule has 0 unspecified atom stereocenters. The molecule has 1 N–H and O–H groups in total. The van der Waals surface area contributed by atoms with Gasteiger partial charge in [0.05, 0.1) is 12.7 Å². The molecule has 1 aliphatic heterocycles. The lowest BCUT2D eigenvalue weighted by molar-refractivity contribution is -0.111. The highest BCUT2D eigenvalue weighted by Crippen LogP contribution is 2.34. The van der Waals surface area contributed by atoms with Crippen molar-refractivity contribution in [2.24, 2.45) is 0 Å². The first-order valence-electron chi connectivity index (χ1n) is 8.08. The Morgan fingerprint density at radius 2 is 2.04 bits per heavy atom. The zero-order valence-electron chi connectivity index (χ0n) is 14.3. The molecule has 0 atom stereocenters. The highest BCUT2D eigenvalue weighted by atomic mass is 32.1. The molecule has 0 fully saturated rings. The molecule has 0 bridgehead atoms. The Morgan fingerprint density at radius 3 is 2.93 bits per heavy atom. The fourth-order valence-corrected chi connectivity index (χ4v) is 3.32. The summed E-state index contributed by atoms with van der Waals surface area (Å²) < 4.78 is 15.9. The van der Waals surface area contributed by atoms with Gasteiger partial charge in [0.15, 0.2) is 16.5 Å². The maximum absolute atomic E-state index is 12.1. The Hall–Kier alpha value is -3.39. The number of para-hydroxylation sites is 1. The average molecular weight is 381 g/mol. The van der Waals surface area contributed by atoms with E-state index in [2.05, 4.69) is 15.5 Å². The van der Waals surface area contributed by atoms with Crippen LogP contribution >= 0.6 is 11.3 Å². The number of anilines is 1. The van der Waals surface area contributed by atoms with Crippen LogP contribution in [0.4, 0.5) is 5.13 Å². The number of benzene rings is 2. The minimum absolute atomic E-state index is 0.217. The number of aromatic nitrogens is 2. The lowest BCUT2D eigenvalue weighted by Crippen LogP contribution is -2.07. The number of amides is 1. The van der Waals surface area contributed by atoms with Gasteiger partial charge >= 0.3 is 0 Å². The summed E-state index contributed by atoms with van der Waals surface area (Å²) in [5.41, 5.74) is 1.66. The molecule has 2 heterocycles. The molecule has 4 rings (SSSR count). The molecular formula is C19H15N3O4S. The van der Waals surface area contributed by atoms with Crippen LogP contribution in [0.3, 0.4) is 0 Å². The van der Waals surface area contributed by atoms with E-state index in [0.29, 0.717) is 27.4 Å². The normalized spacial score (nSPS) is 12.3. The van der Waals surface area contributed by atoms with Gasteiger partial charge in [0, 0.05) is 6.08 Å². The van der Waals surface area contributed by atoms with Crippen molar-refractivity contribution in [2.45, 2.75) is 0 Å². The maximum atomic E-state index is 12.1. The number of nitrogens with zero attached hydrogens (tertiary/aromatic N) is 2. The molecule has 8 heteroatoms. The molecule has 7 nitrogen and oxygen atoms in total. The summed E-state index contributed by atoms with van der Waals surface area (Å²) >= 11 is 1.28. The van der Waals surface area contributed by atoms with Gasteiger partial charge in [-0.3, -0.25) is 10.1 Å². The highest BCUT2D eigenvalue weighted by molar-refractivity contribution is 7.18. The van der Waals surface area contributed by atoms with Gasteiger partial charge in [-0.1, -0.05) is 29.5 Å². The molecule has 1 aliphatic rings. The average Bonchev–Trinajstić information content (AvgIpc) is 3.35. The van der Waals surface area contributed by atoms with Crippen molar-refractivity contribution < 1.29 is 19.0 Å². The number of nitrogens with one attached hydrogen (secondary N) is 1. The van der Waals surface area contributed by atoms with E-state index in [1.54, 1.807) is 13.2 Å². The van der Waals surface area contributed by atoms with E-state index < -0.39 is 0 Å². The third-order valence-corrected chi connectivity index (χ3v) is 4.69. The van der Waals surface area contributed by atoms with Crippen molar-refractivity contribution >= 4 is 28.5 Å². The molecule has 0 saturated heterocycles. The van der Waals surface area contributed by atoms with E-state index in [0.717, 1.165) is 11.1 Å². The molecule has 0 spiro atoms. The quantitative estimate of drug-likeness (QED) is 0.680. The minimum Gasteiger partial charge on any atom is -0.496 e. The second-order valence-electron chi connectivity index (χ2n) is 5.55. The van der Waals surface area contributed by atoms with Crippen LogP contribution in [0.2, 0.25) is 0 Å². The molecule has 0 saturated carbocycles. The molecule has 1 amide bonds. The summed E-state index contributed by atoms with van der Waals surface area (Å²) in [6, 6.07) is 13.0. The zero-order valence-corrected chi connectivity index (χ0v) is 15.2. The molecule has 3 aromatic rings. The lowest BCUT2D eigenvalue weighted by atomic mass is 10.2. The van der Waals surface area contributed by atoms with Crippen LogP contribution in [0.25, 0.3) is 16.6 Å². The van der Waals surface area contributed by atoms with Gasteiger partial charge in [-0.15, -0.1) is 10.2 Å². The molecule has 136 valence electrons. The van der Waals surface area contributed by atoms with Crippen LogP contribution in [0.1, 0.15) is 5.56 Å². The van der Waals surface area contributed by atoms with Crippen molar-refractivity contribution in [1.82, 2.24) is 10.2 Å². The Kier molecular flexibility index (Phi) is 4.71. The zero-order chi connectivity index (χ0) is 18.6. The number of rotatable bonds is 5. The van der Waals surface area contributed by atoms with Crippen LogP contribution < -0.4 is 19.5 Å². The maximum Gasteiger partial charge on any atom is 0.250 e. The van der Waals surface area contributed by atoms with Crippen LogP contribution in [0.5, 0.6) is 17.2 Å². The van der Waals surface area contributed by atoms with E-state index in [4.69, 9.17) is 14.2 Å². The largest absolute Gasteiger partial charge is 0.496 e. The highest BCUT2D eigenvalue weighted by Gasteiger charge is 2.13. The van der Waals surface area contributed by atoms with E-state index in [1.165, 1.54) is 17.4 Å². The molecule has 0 aliphatic carbocycles. The van der Waals surface area contributed by atoms with Crippen LogP contribution in [-0.4, -0.2) is 30.0 Å². The number of fused-ring (bicyclic) bond motifs is 1. The number of carbonyl (C=O) groups excluding carboxylic acids is 1. The number of ether oxygens (including phenoxy) is 3. The van der Waals surface area contributed by atoms with Crippen LogP contribution in [-0.2, 0) is 4.79 Å². The summed E-state index contributed by atoms with van der Waals surface area (Å²) in [5, 5.41) is 11.9. The summed E-state index contributed by atoms with van der Waals surface area (Å²) in [5.74, 6) is 1.78. The van der Waals surface area contributed by atoms with Crippen molar-refractivity contribution in [3.8, 4) is 27.8 Å². The predicted molar refractivity (Wildman–Crippen MR) is 102 cm³/mol. The van der Waals surface area contributed by atoms with E-state index >= 15 is 0 Å². The number of methoxy groups -OCH3 is 1. The molecular weight excluding hydrogens is 366 g/mol. The SMILES string of the molecule is COc1ccccc1-c1nnc(NC(=O)C=Cc2ccc3c(c2)OCO3)s1. The number of hydrogen-bond acceptors (Lipinski definition) is 7. The van der Waals surface area contributed by atoms with Gasteiger partial charge in [-0.05, 0) is 35.9 Å². The Bertz CT molecular complexity index is 1020. The number of hydrogen-bond donors (Lipinski definition) is 1. The summed E-state index contributed by atoms with van der Waals surface area (Å²) in [4.78, 5) is 12.1. The Morgan fingerprint density at radius 1 is 1.19 bits per heavy atom. The fourth-order valence-electron chi connectivity index (χ4n) is 2.54. The lowest BCUT2D eigenvalue weighted by Gasteiger charge is -2.03. The fraction of sp³-hybridized carbons (Fsp3) is 0.105. The minimum atomic E-state index is -0.296. The molecule has 27 heavy (non-hydrogen) atoms. The van der Waals surface area contributed by atoms with Gasteiger partial charge in [0.25, 0.3) is 0 Å². The van der Waals surface area contributed by atoms with Gasteiger partial charge in [0.1, 0.15) is 5.75 Å².